The van der Waals surface area contributed by atoms with Gasteiger partial charge in [0, 0.05) is 17.9 Å². The molecule has 1 heterocycles. The number of nitrogens with zero attached hydrogens (tertiary/aromatic N) is 2. The number of carbonyl (C=O) groups is 1. The molecule has 0 bridgehead atoms. The molecule has 118 valence electrons. The Balaban J connectivity index is 2.30. The van der Waals surface area contributed by atoms with E-state index in [9.17, 15) is 4.79 Å². The Hall–Kier alpha value is -0.970. The van der Waals surface area contributed by atoms with Crippen LogP contribution in [0.1, 0.15) is 58.2 Å². The summed E-state index contributed by atoms with van der Waals surface area (Å²) in [6.07, 6.45) is 7.91. The van der Waals surface area contributed by atoms with Gasteiger partial charge in [-0.25, -0.2) is 4.98 Å². The van der Waals surface area contributed by atoms with Crippen LogP contribution in [0, 0.1) is 11.8 Å². The molecular formula is C16H26N2O2S. The third-order valence-electron chi connectivity index (χ3n) is 4.50. The molecule has 0 aromatic carbocycles. The highest BCUT2D eigenvalue weighted by molar-refractivity contribution is 7.99. The number of carboxylic acids is 1. The first-order chi connectivity index (χ1) is 10.0. The van der Waals surface area contributed by atoms with Crippen LogP contribution in [0.5, 0.6) is 0 Å². The fourth-order valence-corrected chi connectivity index (χ4v) is 4.24. The van der Waals surface area contributed by atoms with Crippen LogP contribution in [-0.2, 0) is 11.2 Å². The van der Waals surface area contributed by atoms with Gasteiger partial charge in [-0.05, 0) is 31.1 Å². The van der Waals surface area contributed by atoms with Crippen molar-refractivity contribution in [3.05, 3.63) is 11.9 Å². The van der Waals surface area contributed by atoms with Gasteiger partial charge in [0.15, 0.2) is 5.16 Å². The van der Waals surface area contributed by atoms with Gasteiger partial charge in [-0.2, -0.15) is 0 Å². The maximum Gasteiger partial charge on any atom is 0.313 e. The van der Waals surface area contributed by atoms with E-state index in [0.29, 0.717) is 17.9 Å². The number of rotatable bonds is 6. The predicted molar refractivity (Wildman–Crippen MR) is 85.8 cm³/mol. The van der Waals surface area contributed by atoms with Crippen molar-refractivity contribution < 1.29 is 9.90 Å². The van der Waals surface area contributed by atoms with Crippen molar-refractivity contribution in [3.63, 3.8) is 0 Å². The van der Waals surface area contributed by atoms with Gasteiger partial charge in [0.2, 0.25) is 0 Å². The zero-order valence-electron chi connectivity index (χ0n) is 13.2. The highest BCUT2D eigenvalue weighted by Gasteiger charge is 2.31. The van der Waals surface area contributed by atoms with Gasteiger partial charge in [0.1, 0.15) is 0 Å². The van der Waals surface area contributed by atoms with Gasteiger partial charge in [-0.1, -0.05) is 45.4 Å². The van der Waals surface area contributed by atoms with Crippen molar-refractivity contribution >= 4 is 17.7 Å². The van der Waals surface area contributed by atoms with E-state index >= 15 is 0 Å². The molecule has 5 heteroatoms. The summed E-state index contributed by atoms with van der Waals surface area (Å²) in [6.45, 7) is 6.75. The van der Waals surface area contributed by atoms with Crippen molar-refractivity contribution in [1.29, 1.82) is 0 Å². The summed E-state index contributed by atoms with van der Waals surface area (Å²) in [5.74, 6) is 0.623. The second kappa shape index (κ2) is 7.34. The first-order valence-electron chi connectivity index (χ1n) is 7.95. The smallest absolute Gasteiger partial charge is 0.313 e. The van der Waals surface area contributed by atoms with E-state index in [4.69, 9.17) is 5.11 Å². The average Bonchev–Trinajstić information content (AvgIpc) is 2.87. The number of aromatic nitrogens is 2. The van der Waals surface area contributed by atoms with E-state index in [1.807, 2.05) is 6.20 Å². The van der Waals surface area contributed by atoms with E-state index in [1.165, 1.54) is 43.1 Å². The van der Waals surface area contributed by atoms with Crippen LogP contribution in [0.25, 0.3) is 0 Å². The lowest BCUT2D eigenvalue weighted by molar-refractivity contribution is -0.133. The molecule has 1 aliphatic rings. The quantitative estimate of drug-likeness (QED) is 0.807. The van der Waals surface area contributed by atoms with Crippen LogP contribution < -0.4 is 0 Å². The molecule has 4 nitrogen and oxygen atoms in total. The van der Waals surface area contributed by atoms with Gasteiger partial charge in [-0.15, -0.1) is 0 Å². The zero-order chi connectivity index (χ0) is 15.4. The molecule has 21 heavy (non-hydrogen) atoms. The second-order valence-electron chi connectivity index (χ2n) is 6.20. The molecule has 1 aliphatic carbocycles. The van der Waals surface area contributed by atoms with Crippen LogP contribution in [0.4, 0.5) is 0 Å². The molecule has 2 unspecified atom stereocenters. The van der Waals surface area contributed by atoms with E-state index in [0.717, 1.165) is 11.6 Å². The predicted octanol–water partition coefficient (Wildman–Crippen LogP) is 4.01. The number of thioether (sulfide) groups is 1. The molecule has 1 fully saturated rings. The molecule has 2 rings (SSSR count). The van der Waals surface area contributed by atoms with Gasteiger partial charge >= 0.3 is 5.97 Å². The highest BCUT2D eigenvalue weighted by atomic mass is 32.2. The average molecular weight is 310 g/mol. The molecule has 0 amide bonds. The molecule has 0 radical (unpaired) electrons. The van der Waals surface area contributed by atoms with Crippen molar-refractivity contribution in [2.45, 2.75) is 64.1 Å². The number of hydrogen-bond acceptors (Lipinski definition) is 3. The summed E-state index contributed by atoms with van der Waals surface area (Å²) in [5.41, 5.74) is 1.24. The van der Waals surface area contributed by atoms with Gasteiger partial charge < -0.3 is 9.67 Å². The maximum atomic E-state index is 10.9. The maximum absolute atomic E-state index is 10.9. The first-order valence-corrected chi connectivity index (χ1v) is 8.93. The molecule has 1 aromatic heterocycles. The monoisotopic (exact) mass is 310 g/mol. The summed E-state index contributed by atoms with van der Waals surface area (Å²) >= 11 is 1.35. The second-order valence-corrected chi connectivity index (χ2v) is 7.14. The lowest BCUT2D eigenvalue weighted by atomic mass is 9.77. The number of aryl methyl sites for hydroxylation is 1. The fourth-order valence-electron chi connectivity index (χ4n) is 3.46. The summed E-state index contributed by atoms with van der Waals surface area (Å²) in [7, 11) is 0. The summed E-state index contributed by atoms with van der Waals surface area (Å²) in [5, 5.41) is 9.80. The van der Waals surface area contributed by atoms with E-state index in [1.54, 1.807) is 0 Å². The van der Waals surface area contributed by atoms with E-state index in [2.05, 4.69) is 30.3 Å². The summed E-state index contributed by atoms with van der Waals surface area (Å²) in [4.78, 5) is 15.3. The van der Waals surface area contributed by atoms with Gasteiger partial charge in [0.25, 0.3) is 0 Å². The zero-order valence-corrected chi connectivity index (χ0v) is 14.0. The Kier molecular flexibility index (Phi) is 5.73. The molecule has 1 saturated carbocycles. The number of imidazole rings is 1. The van der Waals surface area contributed by atoms with Crippen molar-refractivity contribution in [1.82, 2.24) is 9.55 Å². The van der Waals surface area contributed by atoms with Crippen LogP contribution >= 0.6 is 11.8 Å². The lowest BCUT2D eigenvalue weighted by Gasteiger charge is -2.37. The molecule has 0 saturated heterocycles. The molecule has 0 spiro atoms. The van der Waals surface area contributed by atoms with Crippen molar-refractivity contribution in [3.8, 4) is 0 Å². The molecule has 0 aliphatic heterocycles. The van der Waals surface area contributed by atoms with Crippen LogP contribution in [0.15, 0.2) is 11.4 Å². The van der Waals surface area contributed by atoms with Gasteiger partial charge in [-0.3, -0.25) is 4.79 Å². The largest absolute Gasteiger partial charge is 0.481 e. The SMILES string of the molecule is CCc1cnc(SCC(=O)O)n1C1CCCCC1C(C)C. The number of aliphatic carboxylic acids is 1. The number of carboxylic acid groups (broad SMARTS) is 1. The fraction of sp³-hybridized carbons (Fsp3) is 0.750. The van der Waals surface area contributed by atoms with Crippen LogP contribution in [0.3, 0.4) is 0 Å². The third kappa shape index (κ3) is 3.82. The minimum atomic E-state index is -0.781. The molecule has 1 aromatic rings. The molecule has 1 N–H and O–H groups in total. The first kappa shape index (κ1) is 16.4. The number of hydrogen-bond donors (Lipinski definition) is 1. The molecule has 2 atom stereocenters. The van der Waals surface area contributed by atoms with E-state index in [-0.39, 0.29) is 5.75 Å². The normalized spacial score (nSPS) is 22.7. The Labute approximate surface area is 131 Å². The lowest BCUT2D eigenvalue weighted by Crippen LogP contribution is -2.28. The third-order valence-corrected chi connectivity index (χ3v) is 5.45. The minimum Gasteiger partial charge on any atom is -0.481 e. The van der Waals surface area contributed by atoms with Crippen molar-refractivity contribution in [2.75, 3.05) is 5.75 Å². The van der Waals surface area contributed by atoms with Crippen molar-refractivity contribution in [2.24, 2.45) is 11.8 Å². The minimum absolute atomic E-state index is 0.0826. The Bertz CT molecular complexity index is 485. The Morgan fingerprint density at radius 2 is 2.19 bits per heavy atom. The van der Waals surface area contributed by atoms with Crippen LogP contribution in [-0.4, -0.2) is 26.4 Å². The molecular weight excluding hydrogens is 284 g/mol. The van der Waals surface area contributed by atoms with E-state index < -0.39 is 5.97 Å². The standard InChI is InChI=1S/C16H26N2O2S/c1-4-12-9-17-16(21-10-15(19)20)18(12)14-8-6-5-7-13(14)11(2)3/h9,11,13-14H,4-8,10H2,1-3H3,(H,19,20). The highest BCUT2D eigenvalue weighted by Crippen LogP contribution is 2.41. The Morgan fingerprint density at radius 1 is 1.48 bits per heavy atom. The van der Waals surface area contributed by atoms with Crippen LogP contribution in [0.2, 0.25) is 0 Å². The topological polar surface area (TPSA) is 55.1 Å². The Morgan fingerprint density at radius 3 is 2.81 bits per heavy atom. The summed E-state index contributed by atoms with van der Waals surface area (Å²) < 4.78 is 2.34. The van der Waals surface area contributed by atoms with Gasteiger partial charge in [0.05, 0.1) is 5.75 Å². The summed E-state index contributed by atoms with van der Waals surface area (Å²) in [6, 6.07) is 0.479.